The van der Waals surface area contributed by atoms with E-state index in [2.05, 4.69) is 10.6 Å². The highest BCUT2D eigenvalue weighted by molar-refractivity contribution is 6.02. The third kappa shape index (κ3) is 6.93. The zero-order valence-corrected chi connectivity index (χ0v) is 16.7. The first-order valence-corrected chi connectivity index (χ1v) is 9.13. The number of benzene rings is 2. The number of amides is 4. The van der Waals surface area contributed by atoms with E-state index in [1.807, 2.05) is 29.6 Å². The summed E-state index contributed by atoms with van der Waals surface area (Å²) in [4.78, 5) is 47.2. The van der Waals surface area contributed by atoms with Gasteiger partial charge in [0.15, 0.2) is 6.61 Å². The Morgan fingerprint density at radius 3 is 2.30 bits per heavy atom. The fourth-order valence-corrected chi connectivity index (χ4v) is 2.47. The lowest BCUT2D eigenvalue weighted by Gasteiger charge is -2.11. The number of hydrogen-bond acceptors (Lipinski definition) is 6. The summed E-state index contributed by atoms with van der Waals surface area (Å²) < 4.78 is 10.0. The van der Waals surface area contributed by atoms with Gasteiger partial charge in [0.2, 0.25) is 5.91 Å². The molecule has 158 valence electrons. The summed E-state index contributed by atoms with van der Waals surface area (Å²) in [5.74, 6) is -1.11. The Hall–Kier alpha value is -3.88. The number of ether oxygens (including phenoxy) is 2. The molecule has 3 N–H and O–H groups in total. The molecule has 0 radical (unpaired) electrons. The number of aryl methyl sites for hydroxylation is 1. The molecule has 0 unspecified atom stereocenters. The third-order valence-corrected chi connectivity index (χ3v) is 4.04. The predicted molar refractivity (Wildman–Crippen MR) is 109 cm³/mol. The number of hydrogen-bond donors (Lipinski definition) is 3. The van der Waals surface area contributed by atoms with Gasteiger partial charge in [-0.3, -0.25) is 14.9 Å². The quantitative estimate of drug-likeness (QED) is 0.568. The van der Waals surface area contributed by atoms with Crippen molar-refractivity contribution in [1.82, 2.24) is 10.6 Å². The molecule has 0 aliphatic carbocycles. The molecule has 0 aromatic heterocycles. The first-order valence-electron chi connectivity index (χ1n) is 9.13. The molecule has 0 fully saturated rings. The van der Waals surface area contributed by atoms with Crippen LogP contribution in [0, 0.1) is 0 Å². The van der Waals surface area contributed by atoms with Crippen molar-refractivity contribution in [1.29, 1.82) is 0 Å². The van der Waals surface area contributed by atoms with Crippen LogP contribution >= 0.6 is 0 Å². The molecule has 0 aliphatic heterocycles. The van der Waals surface area contributed by atoms with Crippen molar-refractivity contribution in [3.63, 3.8) is 0 Å². The molecule has 0 saturated carbocycles. The zero-order valence-electron chi connectivity index (χ0n) is 16.7. The lowest BCUT2D eigenvalue weighted by molar-refractivity contribution is -0.123. The number of nitrogens with one attached hydrogen (secondary N) is 3. The molecule has 0 heterocycles. The van der Waals surface area contributed by atoms with Gasteiger partial charge in [-0.15, -0.1) is 0 Å². The van der Waals surface area contributed by atoms with Crippen molar-refractivity contribution < 1.29 is 28.7 Å². The summed E-state index contributed by atoms with van der Waals surface area (Å²) in [5.41, 5.74) is 1.35. The highest BCUT2D eigenvalue weighted by atomic mass is 16.5. The van der Waals surface area contributed by atoms with Gasteiger partial charge in [0.25, 0.3) is 5.91 Å². The van der Waals surface area contributed by atoms with Gasteiger partial charge >= 0.3 is 12.0 Å². The fraction of sp³-hybridized carbons (Fsp3) is 0.238. The second-order valence-corrected chi connectivity index (χ2v) is 6.15. The average Bonchev–Trinajstić information content (AvgIpc) is 2.76. The molecule has 9 heteroatoms. The van der Waals surface area contributed by atoms with Crippen LogP contribution in [-0.2, 0) is 20.7 Å². The number of imide groups is 1. The molecule has 0 bridgehead atoms. The zero-order chi connectivity index (χ0) is 21.9. The minimum Gasteiger partial charge on any atom is -0.497 e. The first kappa shape index (κ1) is 22.4. The van der Waals surface area contributed by atoms with E-state index in [9.17, 15) is 19.2 Å². The molecule has 2 rings (SSSR count). The number of carbonyl (C=O) groups excluding carboxylic acids is 4. The van der Waals surface area contributed by atoms with Gasteiger partial charge in [-0.1, -0.05) is 24.3 Å². The lowest BCUT2D eigenvalue weighted by atomic mass is 10.1. The minimum absolute atomic E-state index is 0.100. The van der Waals surface area contributed by atoms with E-state index < -0.39 is 24.5 Å². The molecule has 9 nitrogen and oxygen atoms in total. The van der Waals surface area contributed by atoms with Crippen molar-refractivity contribution in [2.75, 3.05) is 26.1 Å². The normalized spacial score (nSPS) is 9.93. The number of anilines is 1. The number of esters is 1. The van der Waals surface area contributed by atoms with E-state index in [0.29, 0.717) is 6.42 Å². The maximum Gasteiger partial charge on any atom is 0.340 e. The molecule has 30 heavy (non-hydrogen) atoms. The van der Waals surface area contributed by atoms with Crippen LogP contribution in [-0.4, -0.2) is 44.6 Å². The van der Waals surface area contributed by atoms with Gasteiger partial charge in [0.05, 0.1) is 18.4 Å². The Morgan fingerprint density at radius 2 is 1.63 bits per heavy atom. The summed E-state index contributed by atoms with van der Waals surface area (Å²) in [5, 5.41) is 6.87. The molecule has 2 aromatic rings. The fourth-order valence-electron chi connectivity index (χ4n) is 2.47. The van der Waals surface area contributed by atoms with Crippen LogP contribution in [0.3, 0.4) is 0 Å². The van der Waals surface area contributed by atoms with E-state index in [1.165, 1.54) is 13.1 Å². The summed E-state index contributed by atoms with van der Waals surface area (Å²) in [6.45, 7) is -0.633. The molecule has 2 aromatic carbocycles. The molecule has 0 spiro atoms. The van der Waals surface area contributed by atoms with Crippen molar-refractivity contribution in [2.24, 2.45) is 0 Å². The Balaban J connectivity index is 1.91. The average molecular weight is 413 g/mol. The Bertz CT molecular complexity index is 911. The van der Waals surface area contributed by atoms with Crippen LogP contribution < -0.4 is 20.7 Å². The van der Waals surface area contributed by atoms with Gasteiger partial charge in [0, 0.05) is 13.5 Å². The topological polar surface area (TPSA) is 123 Å². The summed E-state index contributed by atoms with van der Waals surface area (Å²) in [6.07, 6.45) is 0.729. The van der Waals surface area contributed by atoms with Gasteiger partial charge in [0.1, 0.15) is 5.75 Å². The van der Waals surface area contributed by atoms with Crippen LogP contribution in [0.15, 0.2) is 48.5 Å². The molecule has 0 aliphatic rings. The molecule has 0 saturated heterocycles. The smallest absolute Gasteiger partial charge is 0.340 e. The molecular formula is C21H23N3O6. The highest BCUT2D eigenvalue weighted by Crippen LogP contribution is 2.17. The second kappa shape index (κ2) is 11.2. The molecular weight excluding hydrogens is 390 g/mol. The highest BCUT2D eigenvalue weighted by Gasteiger charge is 2.16. The Labute approximate surface area is 173 Å². The van der Waals surface area contributed by atoms with Crippen molar-refractivity contribution in [2.45, 2.75) is 12.8 Å². The van der Waals surface area contributed by atoms with Crippen molar-refractivity contribution in [3.8, 4) is 5.75 Å². The number of methoxy groups -OCH3 is 1. The number of urea groups is 1. The van der Waals surface area contributed by atoms with E-state index in [0.717, 1.165) is 11.3 Å². The Morgan fingerprint density at radius 1 is 0.933 bits per heavy atom. The van der Waals surface area contributed by atoms with E-state index >= 15 is 0 Å². The standard InChI is InChI=1S/C21H23N3O6/c1-22-21(28)24-19(26)13-30-20(27)16-5-3-4-6-17(16)23-18(25)12-9-14-7-10-15(29-2)11-8-14/h3-8,10-11H,9,12-13H2,1-2H3,(H,23,25)(H2,22,24,26,28). The van der Waals surface area contributed by atoms with E-state index in [-0.39, 0.29) is 23.6 Å². The van der Waals surface area contributed by atoms with Gasteiger partial charge in [-0.25, -0.2) is 9.59 Å². The summed E-state index contributed by atoms with van der Waals surface area (Å²) in [7, 11) is 2.93. The van der Waals surface area contributed by atoms with Crippen LogP contribution in [0.5, 0.6) is 5.75 Å². The molecule has 0 atom stereocenters. The number of para-hydroxylation sites is 1. The monoisotopic (exact) mass is 413 g/mol. The lowest BCUT2D eigenvalue weighted by Crippen LogP contribution is -2.39. The van der Waals surface area contributed by atoms with Crippen LogP contribution in [0.4, 0.5) is 10.5 Å². The van der Waals surface area contributed by atoms with Gasteiger partial charge in [-0.05, 0) is 36.2 Å². The van der Waals surface area contributed by atoms with Crippen LogP contribution in [0.25, 0.3) is 0 Å². The SMILES string of the molecule is CNC(=O)NC(=O)COC(=O)c1ccccc1NC(=O)CCc1ccc(OC)cc1. The Kier molecular flexibility index (Phi) is 8.37. The maximum atomic E-state index is 12.3. The number of rotatable bonds is 8. The van der Waals surface area contributed by atoms with Crippen molar-refractivity contribution >= 4 is 29.5 Å². The van der Waals surface area contributed by atoms with Gasteiger partial charge in [-0.2, -0.15) is 0 Å². The second-order valence-electron chi connectivity index (χ2n) is 6.15. The first-order chi connectivity index (χ1) is 14.4. The van der Waals surface area contributed by atoms with Crippen LogP contribution in [0.2, 0.25) is 0 Å². The summed E-state index contributed by atoms with van der Waals surface area (Å²) >= 11 is 0. The minimum atomic E-state index is -0.798. The van der Waals surface area contributed by atoms with E-state index in [4.69, 9.17) is 9.47 Å². The van der Waals surface area contributed by atoms with Gasteiger partial charge < -0.3 is 20.1 Å². The molecule has 4 amide bonds. The van der Waals surface area contributed by atoms with E-state index in [1.54, 1.807) is 25.3 Å². The maximum absolute atomic E-state index is 12.3. The summed E-state index contributed by atoms with van der Waals surface area (Å²) in [6, 6.07) is 13.0. The largest absolute Gasteiger partial charge is 0.497 e. The number of carbonyl (C=O) groups is 4. The van der Waals surface area contributed by atoms with Crippen molar-refractivity contribution in [3.05, 3.63) is 59.7 Å². The third-order valence-electron chi connectivity index (χ3n) is 4.04. The predicted octanol–water partition coefficient (Wildman–Crippen LogP) is 1.88. The van der Waals surface area contributed by atoms with Crippen LogP contribution in [0.1, 0.15) is 22.3 Å².